The van der Waals surface area contributed by atoms with Crippen LogP contribution in [0.2, 0.25) is 0 Å². The molecule has 0 heterocycles. The zero-order valence-electron chi connectivity index (χ0n) is 37.5. The average molecular weight is 825 g/mol. The molecule has 0 amide bonds. The van der Waals surface area contributed by atoms with Crippen LogP contribution in [-0.4, -0.2) is 63.8 Å². The Balaban J connectivity index is -0.000000390. The second kappa shape index (κ2) is 48.9. The van der Waals surface area contributed by atoms with Crippen LogP contribution in [-0.2, 0) is 28.7 Å². The molecule has 10 nitrogen and oxygen atoms in total. The van der Waals surface area contributed by atoms with E-state index in [9.17, 15) is 9.59 Å². The van der Waals surface area contributed by atoms with Gasteiger partial charge in [-0.25, -0.2) is 0 Å². The number of aryl methyl sites for hydroxylation is 2. The summed E-state index contributed by atoms with van der Waals surface area (Å²) in [4.78, 5) is 38.8. The molecule has 0 atom stereocenters. The number of aldehydes is 1. The number of carboxylic acid groups (broad SMARTS) is 1. The first kappa shape index (κ1) is 60.5. The van der Waals surface area contributed by atoms with E-state index in [-0.39, 0.29) is 12.4 Å². The number of rotatable bonds is 21. The normalized spacial score (nSPS) is 8.95. The Morgan fingerprint density at radius 3 is 1.44 bits per heavy atom. The van der Waals surface area contributed by atoms with Gasteiger partial charge < -0.3 is 28.8 Å². The lowest BCUT2D eigenvalue weighted by atomic mass is 10.0. The van der Waals surface area contributed by atoms with Crippen molar-refractivity contribution < 1.29 is 48.0 Å². The fourth-order valence-corrected chi connectivity index (χ4v) is 4.32. The number of ether oxygens (including phenoxy) is 5. The van der Waals surface area contributed by atoms with Crippen LogP contribution < -0.4 is 14.2 Å². The van der Waals surface area contributed by atoms with Gasteiger partial charge in [-0.15, -0.1) is 13.2 Å². The number of unbranched alkanes of at least 4 members (excludes halogenated alkanes) is 6. The van der Waals surface area contributed by atoms with Crippen molar-refractivity contribution >= 4 is 25.2 Å². The third-order valence-corrected chi connectivity index (χ3v) is 7.03. The van der Waals surface area contributed by atoms with Crippen LogP contribution in [0, 0.1) is 13.8 Å². The first-order valence-corrected chi connectivity index (χ1v) is 20.5. The fraction of sp³-hybridized carbons (Fsp3) is 0.469. The third-order valence-electron chi connectivity index (χ3n) is 7.03. The predicted molar refractivity (Wildman–Crippen MR) is 244 cm³/mol. The third kappa shape index (κ3) is 40.8. The second-order valence-corrected chi connectivity index (χ2v) is 12.5. The van der Waals surface area contributed by atoms with Gasteiger partial charge >= 0.3 is 5.97 Å². The van der Waals surface area contributed by atoms with Crippen molar-refractivity contribution in [1.82, 2.24) is 0 Å². The van der Waals surface area contributed by atoms with Gasteiger partial charge in [0.15, 0.2) is 0 Å². The Kier molecular flexibility index (Phi) is 50.1. The van der Waals surface area contributed by atoms with E-state index in [1.165, 1.54) is 30.9 Å². The summed E-state index contributed by atoms with van der Waals surface area (Å²) in [7, 11) is 1.74. The summed E-state index contributed by atoms with van der Waals surface area (Å²) in [6, 6.07) is 21.9. The van der Waals surface area contributed by atoms with Crippen LogP contribution in [0.4, 0.5) is 0 Å². The molecule has 0 aliphatic heterocycles. The van der Waals surface area contributed by atoms with E-state index in [0.29, 0.717) is 31.5 Å². The molecule has 59 heavy (non-hydrogen) atoms. The van der Waals surface area contributed by atoms with E-state index in [0.717, 1.165) is 93.0 Å². The number of hydrogen-bond acceptors (Lipinski definition) is 9. The molecule has 332 valence electrons. The van der Waals surface area contributed by atoms with E-state index < -0.39 is 0 Å². The molecule has 3 rings (SSSR count). The summed E-state index contributed by atoms with van der Waals surface area (Å²) >= 11 is 0. The molecule has 0 fully saturated rings. The highest BCUT2D eigenvalue weighted by Gasteiger charge is 2.04. The Morgan fingerprint density at radius 1 is 0.644 bits per heavy atom. The summed E-state index contributed by atoms with van der Waals surface area (Å²) in [6.45, 7) is 26.5. The summed E-state index contributed by atoms with van der Waals surface area (Å²) in [5, 5.41) is 6.89. The molecular formula is C49H76O10. The zero-order chi connectivity index (χ0) is 45.4. The van der Waals surface area contributed by atoms with Crippen molar-refractivity contribution in [3.8, 4) is 28.4 Å². The topological polar surface area (TPSA) is 135 Å². The standard InChI is InChI=1S/C21H26O4.C16H24O3.C3H4O.2C3H8.C2H4.CH2O2/c1-17-15-19(9-12-21(17)25-16-22)18-7-10-20(11-8-18)24-14-6-4-3-5-13-23-2;1-3-16(17)19-13-7-5-4-6-12-18-15-10-8-14(2)9-11-15;1-2-3-4;2*1-3-2;1-2;2-1-3/h7-12,15-16H,3-6,13-14H2,1-2H3;8-11H,3-7,12-13H2,1-2H3;2-3H,1H2;2*3H2,1-2H3;1-2H2;1H,(H,2,3). The number of hydrogen-bond donors (Lipinski definition) is 1. The number of allylic oxidation sites excluding steroid dienone is 1. The Labute approximate surface area is 357 Å². The lowest BCUT2D eigenvalue weighted by Crippen LogP contribution is -2.04. The quantitative estimate of drug-likeness (QED) is 0.0363. The average Bonchev–Trinajstić information content (AvgIpc) is 3.25. The molecule has 0 aliphatic carbocycles. The zero-order valence-corrected chi connectivity index (χ0v) is 37.5. The van der Waals surface area contributed by atoms with Gasteiger partial charge in [-0.1, -0.05) is 96.4 Å². The summed E-state index contributed by atoms with van der Waals surface area (Å²) < 4.78 is 26.4. The van der Waals surface area contributed by atoms with E-state index in [4.69, 9.17) is 38.4 Å². The second-order valence-electron chi connectivity index (χ2n) is 12.5. The first-order chi connectivity index (χ1) is 28.6. The van der Waals surface area contributed by atoms with E-state index >= 15 is 0 Å². The van der Waals surface area contributed by atoms with Gasteiger partial charge in [0.1, 0.15) is 23.5 Å². The Bertz CT molecular complexity index is 1380. The van der Waals surface area contributed by atoms with Crippen molar-refractivity contribution in [3.63, 3.8) is 0 Å². The van der Waals surface area contributed by atoms with Crippen LogP contribution in [0.5, 0.6) is 17.2 Å². The minimum Gasteiger partial charge on any atom is -0.494 e. The lowest BCUT2D eigenvalue weighted by Gasteiger charge is -2.09. The van der Waals surface area contributed by atoms with Crippen molar-refractivity contribution in [2.75, 3.05) is 33.5 Å². The van der Waals surface area contributed by atoms with Gasteiger partial charge in [0.05, 0.1) is 19.8 Å². The van der Waals surface area contributed by atoms with Gasteiger partial charge in [-0.05, 0) is 118 Å². The Morgan fingerprint density at radius 2 is 1.05 bits per heavy atom. The SMILES string of the molecule is C=C.C=CC=O.CCC.CCC.CCC(=O)OCCCCCCOc1ccc(C)cc1.COCCCCCCOc1ccc(-c2ccc(OC=O)c(C)c2)cc1.O=CO. The molecule has 3 aromatic rings. The molecule has 0 saturated heterocycles. The van der Waals surface area contributed by atoms with Crippen molar-refractivity contribution in [2.24, 2.45) is 0 Å². The largest absolute Gasteiger partial charge is 0.494 e. The smallest absolute Gasteiger partial charge is 0.305 e. The summed E-state index contributed by atoms with van der Waals surface area (Å²) in [5.74, 6) is 2.30. The maximum Gasteiger partial charge on any atom is 0.305 e. The maximum absolute atomic E-state index is 10.9. The van der Waals surface area contributed by atoms with Crippen molar-refractivity contribution in [2.45, 2.75) is 119 Å². The molecule has 0 aromatic heterocycles. The predicted octanol–water partition coefficient (Wildman–Crippen LogP) is 12.4. The molecular weight excluding hydrogens is 749 g/mol. The molecule has 1 N–H and O–H groups in total. The van der Waals surface area contributed by atoms with Gasteiger partial charge in [-0.2, -0.15) is 0 Å². The number of benzene rings is 3. The van der Waals surface area contributed by atoms with E-state index in [1.807, 2.05) is 68.4 Å². The minimum atomic E-state index is -0.250. The van der Waals surface area contributed by atoms with Crippen molar-refractivity contribution in [3.05, 3.63) is 104 Å². The van der Waals surface area contributed by atoms with Gasteiger partial charge in [0, 0.05) is 20.1 Å². The van der Waals surface area contributed by atoms with Gasteiger partial charge in [-0.3, -0.25) is 19.2 Å². The molecule has 0 spiro atoms. The van der Waals surface area contributed by atoms with Crippen LogP contribution >= 0.6 is 0 Å². The van der Waals surface area contributed by atoms with Crippen molar-refractivity contribution in [1.29, 1.82) is 0 Å². The number of methoxy groups -OCH3 is 1. The molecule has 10 heteroatoms. The van der Waals surface area contributed by atoms with Gasteiger partial charge in [0.25, 0.3) is 12.9 Å². The van der Waals surface area contributed by atoms with Crippen LogP contribution in [0.15, 0.2) is 92.5 Å². The monoisotopic (exact) mass is 825 g/mol. The number of carbonyl (C=O) groups excluding carboxylic acids is 3. The van der Waals surface area contributed by atoms with Crippen LogP contribution in [0.25, 0.3) is 11.1 Å². The summed E-state index contributed by atoms with van der Waals surface area (Å²) in [6.07, 6.45) is 13.5. The van der Waals surface area contributed by atoms with Crippen LogP contribution in [0.1, 0.15) is 116 Å². The molecule has 0 unspecified atom stereocenters. The van der Waals surface area contributed by atoms with Crippen LogP contribution in [0.3, 0.4) is 0 Å². The molecule has 0 aliphatic rings. The highest BCUT2D eigenvalue weighted by molar-refractivity contribution is 5.69. The molecule has 0 bridgehead atoms. The molecule has 0 saturated carbocycles. The summed E-state index contributed by atoms with van der Waals surface area (Å²) in [5.41, 5.74) is 4.36. The van der Waals surface area contributed by atoms with E-state index in [1.54, 1.807) is 7.11 Å². The first-order valence-electron chi connectivity index (χ1n) is 20.5. The molecule has 3 aromatic carbocycles. The number of carbonyl (C=O) groups is 4. The molecule has 0 radical (unpaired) electrons. The highest BCUT2D eigenvalue weighted by Crippen LogP contribution is 2.27. The highest BCUT2D eigenvalue weighted by atomic mass is 16.5. The minimum absolute atomic E-state index is 0.109. The fourth-order valence-electron chi connectivity index (χ4n) is 4.32. The number of esters is 1. The lowest BCUT2D eigenvalue weighted by molar-refractivity contribution is -0.143. The Hall–Kier alpha value is -5.22. The van der Waals surface area contributed by atoms with E-state index in [2.05, 4.69) is 66.5 Å². The maximum atomic E-state index is 10.9. The van der Waals surface area contributed by atoms with Gasteiger partial charge in [0.2, 0.25) is 0 Å².